The molecule has 10 nitrogen and oxygen atoms in total. The Hall–Kier alpha value is -4.31. The van der Waals surface area contributed by atoms with Gasteiger partial charge in [-0.05, 0) is 36.2 Å². The van der Waals surface area contributed by atoms with Crippen LogP contribution in [0.1, 0.15) is 28.4 Å². The van der Waals surface area contributed by atoms with E-state index in [0.717, 1.165) is 5.56 Å². The molecule has 0 aliphatic carbocycles. The van der Waals surface area contributed by atoms with E-state index >= 15 is 0 Å². The lowest BCUT2D eigenvalue weighted by Crippen LogP contribution is -2.17. The number of ether oxygens (including phenoxy) is 1. The highest BCUT2D eigenvalue weighted by Crippen LogP contribution is 2.30. The molecule has 0 aliphatic rings. The van der Waals surface area contributed by atoms with Gasteiger partial charge >= 0.3 is 5.97 Å². The Morgan fingerprint density at radius 2 is 1.97 bits per heavy atom. The SMILES string of the molecule is CCn1ncc2c(NCc3ccc(OC)c(Cl)c3)c(C(=O)Nc3cc(O)ccc3CC(=O)O)cnc21. The van der Waals surface area contributed by atoms with Crippen LogP contribution in [0.3, 0.4) is 0 Å². The van der Waals surface area contributed by atoms with Gasteiger partial charge in [0.2, 0.25) is 0 Å². The van der Waals surface area contributed by atoms with Crippen molar-refractivity contribution in [3.05, 3.63) is 70.5 Å². The quantitative estimate of drug-likeness (QED) is 0.262. The number of hydrogen-bond acceptors (Lipinski definition) is 7. The van der Waals surface area contributed by atoms with Crippen molar-refractivity contribution in [3.8, 4) is 11.5 Å². The molecule has 0 aliphatic heterocycles. The molecule has 2 aromatic carbocycles. The first-order valence-electron chi connectivity index (χ1n) is 11.1. The van der Waals surface area contributed by atoms with Gasteiger partial charge in [-0.1, -0.05) is 23.7 Å². The number of nitrogens with one attached hydrogen (secondary N) is 2. The molecule has 0 spiro atoms. The zero-order valence-electron chi connectivity index (χ0n) is 19.6. The van der Waals surface area contributed by atoms with Crippen LogP contribution in [0, 0.1) is 0 Å². The Morgan fingerprint density at radius 1 is 1.17 bits per heavy atom. The van der Waals surface area contributed by atoms with E-state index in [9.17, 15) is 19.8 Å². The largest absolute Gasteiger partial charge is 0.508 e. The molecule has 4 aromatic rings. The number of aliphatic carboxylic acids is 1. The lowest BCUT2D eigenvalue weighted by Gasteiger charge is -2.15. The number of rotatable bonds is 9. The number of fused-ring (bicyclic) bond motifs is 1. The highest BCUT2D eigenvalue weighted by atomic mass is 35.5. The first kappa shape index (κ1) is 24.8. The molecule has 4 N–H and O–H groups in total. The van der Waals surface area contributed by atoms with Crippen molar-refractivity contribution in [1.82, 2.24) is 14.8 Å². The normalized spacial score (nSPS) is 10.9. The first-order chi connectivity index (χ1) is 17.3. The molecule has 2 heterocycles. The number of carbonyl (C=O) groups excluding carboxylic acids is 1. The van der Waals surface area contributed by atoms with E-state index in [1.165, 1.54) is 31.5 Å². The van der Waals surface area contributed by atoms with Crippen molar-refractivity contribution in [2.75, 3.05) is 17.7 Å². The maximum atomic E-state index is 13.4. The third-order valence-electron chi connectivity index (χ3n) is 5.58. The summed E-state index contributed by atoms with van der Waals surface area (Å²) in [6, 6.07) is 9.52. The fourth-order valence-electron chi connectivity index (χ4n) is 3.82. The number of aryl methyl sites for hydroxylation is 1. The van der Waals surface area contributed by atoms with Crippen molar-refractivity contribution >= 4 is 45.9 Å². The van der Waals surface area contributed by atoms with Crippen molar-refractivity contribution in [2.24, 2.45) is 0 Å². The van der Waals surface area contributed by atoms with Gasteiger partial charge in [-0.15, -0.1) is 0 Å². The smallest absolute Gasteiger partial charge is 0.307 e. The van der Waals surface area contributed by atoms with Crippen LogP contribution in [0.2, 0.25) is 5.02 Å². The summed E-state index contributed by atoms with van der Waals surface area (Å²) in [5.74, 6) is -1.14. The molecule has 0 radical (unpaired) electrons. The summed E-state index contributed by atoms with van der Waals surface area (Å²) in [5, 5.41) is 30.6. The minimum absolute atomic E-state index is 0.105. The van der Waals surface area contributed by atoms with Crippen LogP contribution in [0.4, 0.5) is 11.4 Å². The van der Waals surface area contributed by atoms with Gasteiger partial charge in [0.25, 0.3) is 5.91 Å². The summed E-state index contributed by atoms with van der Waals surface area (Å²) in [6.07, 6.45) is 2.75. The van der Waals surface area contributed by atoms with Crippen LogP contribution >= 0.6 is 11.6 Å². The molecule has 0 bridgehead atoms. The van der Waals surface area contributed by atoms with Crippen LogP contribution in [0.25, 0.3) is 11.0 Å². The molecule has 0 fully saturated rings. The zero-order chi connectivity index (χ0) is 25.8. The second kappa shape index (κ2) is 10.5. The maximum absolute atomic E-state index is 13.4. The number of aromatic nitrogens is 3. The standard InChI is InChI=1S/C25H24ClN5O5/c1-3-31-24-17(13-29-31)23(27-11-14-4-7-21(36-2)19(26)8-14)18(12-28-24)25(35)30-20-10-16(32)6-5-15(20)9-22(33)34/h4-8,10,12-13,32H,3,9,11H2,1-2H3,(H,27,28)(H,30,35)(H,33,34). The van der Waals surface area contributed by atoms with Crippen LogP contribution in [-0.2, 0) is 24.3 Å². The van der Waals surface area contributed by atoms with E-state index in [0.29, 0.717) is 46.1 Å². The zero-order valence-corrected chi connectivity index (χ0v) is 20.3. The summed E-state index contributed by atoms with van der Waals surface area (Å²) in [4.78, 5) is 29.1. The summed E-state index contributed by atoms with van der Waals surface area (Å²) in [6.45, 7) is 2.88. The highest BCUT2D eigenvalue weighted by molar-refractivity contribution is 6.32. The minimum Gasteiger partial charge on any atom is -0.508 e. The van der Waals surface area contributed by atoms with Gasteiger partial charge in [-0.3, -0.25) is 9.59 Å². The molecule has 0 unspecified atom stereocenters. The molecule has 0 saturated carbocycles. The van der Waals surface area contributed by atoms with Crippen LogP contribution in [0.15, 0.2) is 48.8 Å². The van der Waals surface area contributed by atoms with Gasteiger partial charge in [0, 0.05) is 31.0 Å². The molecular weight excluding hydrogens is 486 g/mol. The predicted molar refractivity (Wildman–Crippen MR) is 136 cm³/mol. The van der Waals surface area contributed by atoms with Crippen molar-refractivity contribution in [1.29, 1.82) is 0 Å². The summed E-state index contributed by atoms with van der Waals surface area (Å²) < 4.78 is 6.92. The first-order valence-corrected chi connectivity index (χ1v) is 11.4. The van der Waals surface area contributed by atoms with E-state index < -0.39 is 11.9 Å². The number of pyridine rings is 1. The Morgan fingerprint density at radius 3 is 2.67 bits per heavy atom. The van der Waals surface area contributed by atoms with Gasteiger partial charge in [-0.2, -0.15) is 5.10 Å². The Bertz CT molecular complexity index is 1450. The topological polar surface area (TPSA) is 139 Å². The van der Waals surface area contributed by atoms with Crippen molar-refractivity contribution in [3.63, 3.8) is 0 Å². The molecule has 2 aromatic heterocycles. The Balaban J connectivity index is 1.70. The van der Waals surface area contributed by atoms with E-state index in [1.54, 1.807) is 23.0 Å². The van der Waals surface area contributed by atoms with Crippen molar-refractivity contribution < 1.29 is 24.5 Å². The van der Waals surface area contributed by atoms with Gasteiger partial charge in [0.1, 0.15) is 11.5 Å². The number of benzene rings is 2. The number of amides is 1. The maximum Gasteiger partial charge on any atom is 0.307 e. The predicted octanol–water partition coefficient (Wildman–Crippen LogP) is 4.31. The lowest BCUT2D eigenvalue weighted by atomic mass is 10.1. The molecule has 4 rings (SSSR count). The highest BCUT2D eigenvalue weighted by Gasteiger charge is 2.20. The molecule has 0 atom stereocenters. The molecule has 1 amide bonds. The van der Waals surface area contributed by atoms with E-state index in [-0.39, 0.29) is 23.4 Å². The second-order valence-corrected chi connectivity index (χ2v) is 8.34. The lowest BCUT2D eigenvalue weighted by molar-refractivity contribution is -0.136. The van der Waals surface area contributed by atoms with E-state index in [2.05, 4.69) is 20.7 Å². The fourth-order valence-corrected chi connectivity index (χ4v) is 4.10. The number of carboxylic acid groups (broad SMARTS) is 1. The van der Waals surface area contributed by atoms with Crippen LogP contribution < -0.4 is 15.4 Å². The molecule has 186 valence electrons. The average molecular weight is 510 g/mol. The number of halogens is 1. The minimum atomic E-state index is -1.06. The summed E-state index contributed by atoms with van der Waals surface area (Å²) in [7, 11) is 1.54. The van der Waals surface area contributed by atoms with E-state index in [4.69, 9.17) is 16.3 Å². The van der Waals surface area contributed by atoms with Crippen LogP contribution in [0.5, 0.6) is 11.5 Å². The third kappa shape index (κ3) is 5.18. The number of methoxy groups -OCH3 is 1. The molecule has 11 heteroatoms. The van der Waals surface area contributed by atoms with Gasteiger partial charge in [0.05, 0.1) is 41.4 Å². The second-order valence-electron chi connectivity index (χ2n) is 7.93. The number of nitrogens with zero attached hydrogens (tertiary/aromatic N) is 3. The van der Waals surface area contributed by atoms with Crippen molar-refractivity contribution in [2.45, 2.75) is 26.4 Å². The molecule has 0 saturated heterocycles. The number of hydrogen-bond donors (Lipinski definition) is 4. The molecule has 36 heavy (non-hydrogen) atoms. The summed E-state index contributed by atoms with van der Waals surface area (Å²) in [5.41, 5.74) is 2.74. The summed E-state index contributed by atoms with van der Waals surface area (Å²) >= 11 is 6.26. The number of phenolic OH excluding ortho intramolecular Hbond substituents is 1. The number of carboxylic acids is 1. The van der Waals surface area contributed by atoms with Crippen LogP contribution in [-0.4, -0.2) is 44.0 Å². The van der Waals surface area contributed by atoms with Gasteiger partial charge in [0.15, 0.2) is 5.65 Å². The average Bonchev–Trinajstić information content (AvgIpc) is 3.27. The Kier molecular flexibility index (Phi) is 7.25. The monoisotopic (exact) mass is 509 g/mol. The van der Waals surface area contributed by atoms with Gasteiger partial charge in [-0.25, -0.2) is 9.67 Å². The number of phenols is 1. The number of aromatic hydroxyl groups is 1. The molecular formula is C25H24ClN5O5. The van der Waals surface area contributed by atoms with E-state index in [1.807, 2.05) is 13.0 Å². The fraction of sp³-hybridized carbons (Fsp3) is 0.200. The number of anilines is 2. The van der Waals surface area contributed by atoms with Gasteiger partial charge < -0.3 is 25.6 Å². The Labute approximate surface area is 211 Å². The number of carbonyl (C=O) groups is 2. The third-order valence-corrected chi connectivity index (χ3v) is 5.87.